The van der Waals surface area contributed by atoms with E-state index in [-0.39, 0.29) is 5.78 Å². The maximum absolute atomic E-state index is 12.6. The van der Waals surface area contributed by atoms with Gasteiger partial charge in [-0.1, -0.05) is 15.9 Å². The molecule has 0 fully saturated rings. The quantitative estimate of drug-likeness (QED) is 0.731. The van der Waals surface area contributed by atoms with Crippen LogP contribution in [0, 0.1) is 0 Å². The third-order valence-electron chi connectivity index (χ3n) is 3.24. The van der Waals surface area contributed by atoms with Gasteiger partial charge in [-0.25, -0.2) is 0 Å². The van der Waals surface area contributed by atoms with Crippen LogP contribution in [0.25, 0.3) is 0 Å². The van der Waals surface area contributed by atoms with Crippen molar-refractivity contribution in [1.82, 2.24) is 0 Å². The molecule has 2 aliphatic heterocycles. The van der Waals surface area contributed by atoms with Crippen LogP contribution in [-0.4, -0.2) is 23.7 Å². The number of fused-ring (bicyclic) bond motifs is 3. The number of benzene rings is 1. The summed E-state index contributed by atoms with van der Waals surface area (Å²) in [5.41, 5.74) is 1.72. The summed E-state index contributed by atoms with van der Waals surface area (Å²) in [6, 6.07) is 1.90. The van der Waals surface area contributed by atoms with Gasteiger partial charge in [0.15, 0.2) is 17.3 Å². The molecule has 0 saturated carbocycles. The minimum Gasteiger partial charge on any atom is -0.486 e. The molecule has 0 spiro atoms. The maximum Gasteiger partial charge on any atom is 0.182 e. The van der Waals surface area contributed by atoms with E-state index in [1.54, 1.807) is 11.8 Å². The Bertz CT molecular complexity index is 540. The first-order valence-corrected chi connectivity index (χ1v) is 7.58. The fourth-order valence-corrected chi connectivity index (χ4v) is 3.96. The summed E-state index contributed by atoms with van der Waals surface area (Å²) in [5, 5.41) is 0. The zero-order valence-electron chi connectivity index (χ0n) is 10.2. The van der Waals surface area contributed by atoms with Crippen LogP contribution < -0.4 is 9.47 Å². The number of carbonyl (C=O) groups is 1. The highest BCUT2D eigenvalue weighted by atomic mass is 79.9. The van der Waals surface area contributed by atoms with Crippen LogP contribution in [0.1, 0.15) is 29.8 Å². The van der Waals surface area contributed by atoms with E-state index in [0.717, 1.165) is 15.8 Å². The van der Waals surface area contributed by atoms with E-state index in [4.69, 9.17) is 9.47 Å². The highest BCUT2D eigenvalue weighted by Gasteiger charge is 2.39. The molecule has 0 bridgehead atoms. The van der Waals surface area contributed by atoms with Crippen molar-refractivity contribution in [2.45, 2.75) is 24.3 Å². The van der Waals surface area contributed by atoms with E-state index >= 15 is 0 Å². The third kappa shape index (κ3) is 1.75. The summed E-state index contributed by atoms with van der Waals surface area (Å²) in [6.45, 7) is 4.95. The zero-order chi connectivity index (χ0) is 12.9. The Morgan fingerprint density at radius 3 is 2.83 bits per heavy atom. The van der Waals surface area contributed by atoms with Crippen molar-refractivity contribution in [3.63, 3.8) is 0 Å². The lowest BCUT2D eigenvalue weighted by Gasteiger charge is -2.32. The van der Waals surface area contributed by atoms with Gasteiger partial charge in [0.1, 0.15) is 13.2 Å². The highest BCUT2D eigenvalue weighted by molar-refractivity contribution is 9.10. The minimum atomic E-state index is -0.400. The lowest BCUT2D eigenvalue weighted by molar-refractivity contribution is 0.0943. The number of carbonyl (C=O) groups excluding carboxylic acids is 1. The second kappa shape index (κ2) is 4.17. The average molecular weight is 329 g/mol. The second-order valence-electron chi connectivity index (χ2n) is 4.86. The topological polar surface area (TPSA) is 35.5 Å². The fraction of sp³-hybridized carbons (Fsp3) is 0.462. The van der Waals surface area contributed by atoms with E-state index in [9.17, 15) is 4.79 Å². The van der Waals surface area contributed by atoms with Crippen molar-refractivity contribution in [1.29, 1.82) is 0 Å². The standard InChI is InChI=1S/C13H13BrO3S/c1-13(2)12(15)10-7(6-18-13)8(14)5-9-11(10)17-4-3-16-9/h5H,3-4,6H2,1-2H3. The van der Waals surface area contributed by atoms with Gasteiger partial charge in [-0.15, -0.1) is 11.8 Å². The van der Waals surface area contributed by atoms with E-state index < -0.39 is 4.75 Å². The number of Topliss-reactive ketones (excluding diaryl/α,β-unsaturated/α-hetero) is 1. The molecule has 5 heteroatoms. The van der Waals surface area contributed by atoms with E-state index in [1.165, 1.54) is 0 Å². The third-order valence-corrected chi connectivity index (χ3v) is 5.28. The molecule has 0 amide bonds. The zero-order valence-corrected chi connectivity index (χ0v) is 12.6. The summed E-state index contributed by atoms with van der Waals surface area (Å²) < 4.78 is 11.8. The SMILES string of the molecule is CC1(C)SCc2c(Br)cc3c(c2C1=O)OCCO3. The molecule has 0 radical (unpaired) electrons. The molecule has 3 nitrogen and oxygen atoms in total. The Hall–Kier alpha value is -0.680. The molecule has 0 atom stereocenters. The summed E-state index contributed by atoms with van der Waals surface area (Å²) in [4.78, 5) is 12.6. The van der Waals surface area contributed by atoms with Crippen LogP contribution in [-0.2, 0) is 5.75 Å². The monoisotopic (exact) mass is 328 g/mol. The summed E-state index contributed by atoms with van der Waals surface area (Å²) in [7, 11) is 0. The molecule has 0 N–H and O–H groups in total. The van der Waals surface area contributed by atoms with Gasteiger partial charge >= 0.3 is 0 Å². The molecular formula is C13H13BrO3S. The van der Waals surface area contributed by atoms with Crippen molar-refractivity contribution in [3.05, 3.63) is 21.7 Å². The Balaban J connectivity index is 2.25. The fourth-order valence-electron chi connectivity index (χ4n) is 2.19. The number of halogens is 1. The smallest absolute Gasteiger partial charge is 0.182 e. The van der Waals surface area contributed by atoms with Gasteiger partial charge in [0.25, 0.3) is 0 Å². The molecule has 0 saturated heterocycles. The molecule has 96 valence electrons. The number of ether oxygens (including phenoxy) is 2. The average Bonchev–Trinajstić information content (AvgIpc) is 2.33. The van der Waals surface area contributed by atoms with Crippen LogP contribution in [0.5, 0.6) is 11.5 Å². The summed E-state index contributed by atoms with van der Waals surface area (Å²) in [6.07, 6.45) is 0. The molecule has 0 aliphatic carbocycles. The van der Waals surface area contributed by atoms with E-state index in [1.807, 2.05) is 19.9 Å². The number of thioether (sulfide) groups is 1. The molecule has 2 aliphatic rings. The normalized spacial score (nSPS) is 20.5. The van der Waals surface area contributed by atoms with Crippen LogP contribution >= 0.6 is 27.7 Å². The lowest BCUT2D eigenvalue weighted by Crippen LogP contribution is -2.34. The van der Waals surface area contributed by atoms with Gasteiger partial charge in [-0.2, -0.15) is 0 Å². The Labute approximate surface area is 118 Å². The Morgan fingerprint density at radius 2 is 2.06 bits per heavy atom. The Morgan fingerprint density at radius 1 is 1.33 bits per heavy atom. The first-order chi connectivity index (χ1) is 8.50. The van der Waals surface area contributed by atoms with Crippen molar-refractivity contribution in [2.75, 3.05) is 13.2 Å². The van der Waals surface area contributed by atoms with E-state index in [2.05, 4.69) is 15.9 Å². The van der Waals surface area contributed by atoms with Crippen LogP contribution in [0.4, 0.5) is 0 Å². The molecule has 1 aromatic carbocycles. The van der Waals surface area contributed by atoms with Crippen molar-refractivity contribution in [3.8, 4) is 11.5 Å². The molecule has 0 aromatic heterocycles. The minimum absolute atomic E-state index is 0.122. The van der Waals surface area contributed by atoms with Crippen LogP contribution in [0.2, 0.25) is 0 Å². The maximum atomic E-state index is 12.6. The highest BCUT2D eigenvalue weighted by Crippen LogP contribution is 2.48. The number of hydrogen-bond donors (Lipinski definition) is 0. The predicted molar refractivity (Wildman–Crippen MR) is 74.8 cm³/mol. The first kappa shape index (κ1) is 12.4. The number of hydrogen-bond acceptors (Lipinski definition) is 4. The van der Waals surface area contributed by atoms with Gasteiger partial charge < -0.3 is 9.47 Å². The van der Waals surface area contributed by atoms with Gasteiger partial charge in [0.05, 0.1) is 10.3 Å². The van der Waals surface area contributed by atoms with Gasteiger partial charge in [-0.05, 0) is 25.5 Å². The molecule has 0 unspecified atom stereocenters. The van der Waals surface area contributed by atoms with Gasteiger partial charge in [-0.3, -0.25) is 4.79 Å². The molecule has 3 rings (SSSR count). The van der Waals surface area contributed by atoms with Gasteiger partial charge in [0.2, 0.25) is 0 Å². The Kier molecular flexibility index (Phi) is 2.86. The molecule has 1 aromatic rings. The van der Waals surface area contributed by atoms with Crippen molar-refractivity contribution >= 4 is 33.5 Å². The largest absolute Gasteiger partial charge is 0.486 e. The second-order valence-corrected chi connectivity index (χ2v) is 7.32. The summed E-state index contributed by atoms with van der Waals surface area (Å²) >= 11 is 5.19. The van der Waals surface area contributed by atoms with Crippen molar-refractivity contribution < 1.29 is 14.3 Å². The number of ketones is 1. The van der Waals surface area contributed by atoms with Gasteiger partial charge in [0, 0.05) is 10.2 Å². The molecular weight excluding hydrogens is 316 g/mol. The predicted octanol–water partition coefficient (Wildman–Crippen LogP) is 3.43. The van der Waals surface area contributed by atoms with Crippen LogP contribution in [0.3, 0.4) is 0 Å². The van der Waals surface area contributed by atoms with Crippen molar-refractivity contribution in [2.24, 2.45) is 0 Å². The molecule has 2 heterocycles. The van der Waals surface area contributed by atoms with E-state index in [0.29, 0.717) is 30.3 Å². The molecule has 18 heavy (non-hydrogen) atoms. The first-order valence-electron chi connectivity index (χ1n) is 5.80. The lowest BCUT2D eigenvalue weighted by atomic mass is 9.94. The number of rotatable bonds is 0. The van der Waals surface area contributed by atoms with Crippen LogP contribution in [0.15, 0.2) is 10.5 Å². The summed E-state index contributed by atoms with van der Waals surface area (Å²) in [5.74, 6) is 2.23.